The fraction of sp³-hybridized carbons (Fsp3) is 0.0952. The van der Waals surface area contributed by atoms with E-state index in [1.165, 1.54) is 16.4 Å². The molecule has 29 heavy (non-hydrogen) atoms. The summed E-state index contributed by atoms with van der Waals surface area (Å²) in [6.45, 7) is 1.82. The fourth-order valence-electron chi connectivity index (χ4n) is 2.96. The van der Waals surface area contributed by atoms with Gasteiger partial charge in [-0.2, -0.15) is 0 Å². The van der Waals surface area contributed by atoms with Gasteiger partial charge in [0.25, 0.3) is 0 Å². The largest absolute Gasteiger partial charge is 0.335 e. The molecular weight excluding hydrogens is 450 g/mol. The highest BCUT2D eigenvalue weighted by Crippen LogP contribution is 2.30. The van der Waals surface area contributed by atoms with Crippen molar-refractivity contribution in [2.45, 2.75) is 17.3 Å². The van der Waals surface area contributed by atoms with E-state index in [1.807, 2.05) is 73.7 Å². The standard InChI is InChI=1S/C21H18BrN5OS/c1-13(20(28)24-18-12-6-8-14-7-2-3-9-15(14)18)29-21-26-25-19(27(21)23)16-10-4-5-11-17(16)22/h2-13H,23H2,1H3,(H,24,28)/t13-/m0/s1. The SMILES string of the molecule is C[C@H](Sc1nnc(-c2ccccc2Br)n1N)C(=O)Nc1cccc2ccccc12. The average molecular weight is 468 g/mol. The summed E-state index contributed by atoms with van der Waals surface area (Å²) >= 11 is 4.76. The van der Waals surface area contributed by atoms with Crippen LogP contribution in [0.1, 0.15) is 6.92 Å². The number of carbonyl (C=O) groups excluding carboxylic acids is 1. The highest BCUT2D eigenvalue weighted by Gasteiger charge is 2.21. The molecule has 4 aromatic rings. The topological polar surface area (TPSA) is 85.8 Å². The minimum atomic E-state index is -0.410. The van der Waals surface area contributed by atoms with Gasteiger partial charge < -0.3 is 11.2 Å². The van der Waals surface area contributed by atoms with Crippen LogP contribution in [0.2, 0.25) is 0 Å². The molecule has 8 heteroatoms. The van der Waals surface area contributed by atoms with E-state index in [9.17, 15) is 4.79 Å². The molecule has 0 spiro atoms. The molecule has 0 bridgehead atoms. The number of amides is 1. The van der Waals surface area contributed by atoms with Crippen LogP contribution in [0.5, 0.6) is 0 Å². The molecule has 4 rings (SSSR count). The zero-order valence-electron chi connectivity index (χ0n) is 15.5. The number of nitrogens with two attached hydrogens (primary N) is 1. The third kappa shape index (κ3) is 3.99. The molecule has 3 N–H and O–H groups in total. The van der Waals surface area contributed by atoms with E-state index in [1.54, 1.807) is 0 Å². The second kappa shape index (κ2) is 8.26. The van der Waals surface area contributed by atoms with Crippen LogP contribution in [0.3, 0.4) is 0 Å². The highest BCUT2D eigenvalue weighted by atomic mass is 79.9. The summed E-state index contributed by atoms with van der Waals surface area (Å²) in [6.07, 6.45) is 0. The molecule has 0 aliphatic carbocycles. The molecule has 1 atom stereocenters. The van der Waals surface area contributed by atoms with Gasteiger partial charge in [-0.15, -0.1) is 10.2 Å². The summed E-state index contributed by atoms with van der Waals surface area (Å²) in [6, 6.07) is 21.4. The number of nitrogens with one attached hydrogen (secondary N) is 1. The number of fused-ring (bicyclic) bond motifs is 1. The zero-order chi connectivity index (χ0) is 20.4. The lowest BCUT2D eigenvalue weighted by Crippen LogP contribution is -2.23. The molecule has 0 aliphatic heterocycles. The van der Waals surface area contributed by atoms with Gasteiger partial charge in [0.05, 0.1) is 5.25 Å². The van der Waals surface area contributed by atoms with E-state index >= 15 is 0 Å². The van der Waals surface area contributed by atoms with E-state index in [2.05, 4.69) is 31.4 Å². The van der Waals surface area contributed by atoms with Gasteiger partial charge in [0.15, 0.2) is 5.82 Å². The van der Waals surface area contributed by atoms with Gasteiger partial charge in [0.1, 0.15) is 0 Å². The predicted molar refractivity (Wildman–Crippen MR) is 121 cm³/mol. The van der Waals surface area contributed by atoms with E-state index in [0.717, 1.165) is 26.5 Å². The average Bonchev–Trinajstić information content (AvgIpc) is 3.08. The number of aromatic nitrogens is 3. The number of carbonyl (C=O) groups is 1. The van der Waals surface area contributed by atoms with Crippen molar-refractivity contribution in [1.29, 1.82) is 0 Å². The number of hydrogen-bond acceptors (Lipinski definition) is 5. The summed E-state index contributed by atoms with van der Waals surface area (Å²) in [4.78, 5) is 12.8. The van der Waals surface area contributed by atoms with Crippen LogP contribution in [0.25, 0.3) is 22.2 Å². The van der Waals surface area contributed by atoms with Crippen LogP contribution in [0.15, 0.2) is 76.4 Å². The van der Waals surface area contributed by atoms with Crippen molar-refractivity contribution < 1.29 is 4.79 Å². The molecule has 1 amide bonds. The summed E-state index contributed by atoms with van der Waals surface area (Å²) in [7, 11) is 0. The van der Waals surface area contributed by atoms with Crippen LogP contribution in [-0.4, -0.2) is 26.0 Å². The Balaban J connectivity index is 1.52. The molecule has 0 saturated heterocycles. The summed E-state index contributed by atoms with van der Waals surface area (Å²) in [5.41, 5.74) is 1.62. The zero-order valence-corrected chi connectivity index (χ0v) is 17.9. The molecular formula is C21H18BrN5OS. The molecule has 0 fully saturated rings. The van der Waals surface area contributed by atoms with Gasteiger partial charge in [0, 0.05) is 21.1 Å². The van der Waals surface area contributed by atoms with Crippen LogP contribution in [0, 0.1) is 0 Å². The van der Waals surface area contributed by atoms with Crippen LogP contribution >= 0.6 is 27.7 Å². The Bertz CT molecular complexity index is 1190. The van der Waals surface area contributed by atoms with Crippen molar-refractivity contribution in [1.82, 2.24) is 14.9 Å². The second-order valence-electron chi connectivity index (χ2n) is 6.43. The van der Waals surface area contributed by atoms with E-state index in [4.69, 9.17) is 5.84 Å². The molecule has 3 aromatic carbocycles. The van der Waals surface area contributed by atoms with Gasteiger partial charge in [-0.05, 0) is 30.5 Å². The fourth-order valence-corrected chi connectivity index (χ4v) is 4.20. The van der Waals surface area contributed by atoms with Crippen molar-refractivity contribution in [2.24, 2.45) is 0 Å². The van der Waals surface area contributed by atoms with Crippen molar-refractivity contribution in [3.8, 4) is 11.4 Å². The molecule has 0 unspecified atom stereocenters. The first-order valence-electron chi connectivity index (χ1n) is 8.95. The van der Waals surface area contributed by atoms with Crippen LogP contribution in [0.4, 0.5) is 5.69 Å². The lowest BCUT2D eigenvalue weighted by atomic mass is 10.1. The first-order valence-corrected chi connectivity index (χ1v) is 10.6. The Labute approximate surface area is 180 Å². The predicted octanol–water partition coefficient (Wildman–Crippen LogP) is 4.69. The number of anilines is 1. The Morgan fingerprint density at radius 2 is 1.79 bits per heavy atom. The normalized spacial score (nSPS) is 12.1. The van der Waals surface area contributed by atoms with Gasteiger partial charge >= 0.3 is 0 Å². The maximum atomic E-state index is 12.8. The number of rotatable bonds is 5. The molecule has 0 saturated carbocycles. The summed E-state index contributed by atoms with van der Waals surface area (Å²) in [5, 5.41) is 13.5. The van der Waals surface area contributed by atoms with Crippen molar-refractivity contribution in [2.75, 3.05) is 11.2 Å². The number of nitrogens with zero attached hydrogens (tertiary/aromatic N) is 3. The number of hydrogen-bond donors (Lipinski definition) is 2. The number of halogens is 1. The second-order valence-corrected chi connectivity index (χ2v) is 8.59. The molecule has 0 radical (unpaired) electrons. The maximum Gasteiger partial charge on any atom is 0.237 e. The molecule has 1 aromatic heterocycles. The minimum Gasteiger partial charge on any atom is -0.335 e. The minimum absolute atomic E-state index is 0.128. The first kappa shape index (κ1) is 19.5. The van der Waals surface area contributed by atoms with E-state index in [-0.39, 0.29) is 5.91 Å². The monoisotopic (exact) mass is 467 g/mol. The quantitative estimate of drug-likeness (QED) is 0.328. The third-order valence-corrected chi connectivity index (χ3v) is 6.23. The van der Waals surface area contributed by atoms with E-state index in [0.29, 0.717) is 11.0 Å². The Morgan fingerprint density at radius 3 is 2.62 bits per heavy atom. The third-order valence-electron chi connectivity index (χ3n) is 4.48. The van der Waals surface area contributed by atoms with Crippen molar-refractivity contribution >= 4 is 50.1 Å². The van der Waals surface area contributed by atoms with Crippen molar-refractivity contribution in [3.05, 3.63) is 71.2 Å². The number of thioether (sulfide) groups is 1. The number of nitrogen functional groups attached to an aromatic ring is 1. The van der Waals surface area contributed by atoms with Gasteiger partial charge in [-0.25, -0.2) is 4.68 Å². The summed E-state index contributed by atoms with van der Waals surface area (Å²) in [5.74, 6) is 6.60. The van der Waals surface area contributed by atoms with Crippen molar-refractivity contribution in [3.63, 3.8) is 0 Å². The molecule has 6 nitrogen and oxygen atoms in total. The van der Waals surface area contributed by atoms with Gasteiger partial charge in [-0.1, -0.05) is 76.2 Å². The lowest BCUT2D eigenvalue weighted by molar-refractivity contribution is -0.115. The number of benzene rings is 3. The molecule has 0 aliphatic rings. The van der Waals surface area contributed by atoms with Gasteiger partial charge in [-0.3, -0.25) is 4.79 Å². The van der Waals surface area contributed by atoms with Gasteiger partial charge in [0.2, 0.25) is 11.1 Å². The Hall–Kier alpha value is -2.84. The smallest absolute Gasteiger partial charge is 0.237 e. The molecule has 146 valence electrons. The summed E-state index contributed by atoms with van der Waals surface area (Å²) < 4.78 is 2.28. The van der Waals surface area contributed by atoms with Crippen LogP contribution < -0.4 is 11.2 Å². The Morgan fingerprint density at radius 1 is 1.07 bits per heavy atom. The Kier molecular flexibility index (Phi) is 5.55. The lowest BCUT2D eigenvalue weighted by Gasteiger charge is -2.13. The van der Waals surface area contributed by atoms with Crippen LogP contribution in [-0.2, 0) is 4.79 Å². The highest BCUT2D eigenvalue weighted by molar-refractivity contribution is 9.10. The van der Waals surface area contributed by atoms with E-state index < -0.39 is 5.25 Å². The molecule has 1 heterocycles. The first-order chi connectivity index (χ1) is 14.0. The maximum absolute atomic E-state index is 12.8.